The maximum atomic E-state index is 13.2. The number of aromatic amines is 1. The summed E-state index contributed by atoms with van der Waals surface area (Å²) in [6.07, 6.45) is 2.60. The molecule has 0 saturated carbocycles. The number of imidazole rings is 1. The predicted molar refractivity (Wildman–Crippen MR) is 118 cm³/mol. The zero-order valence-corrected chi connectivity index (χ0v) is 17.6. The van der Waals surface area contributed by atoms with Gasteiger partial charge in [0.25, 0.3) is 0 Å². The summed E-state index contributed by atoms with van der Waals surface area (Å²) in [6, 6.07) is 15.0. The van der Waals surface area contributed by atoms with Crippen molar-refractivity contribution in [2.24, 2.45) is 0 Å². The van der Waals surface area contributed by atoms with Gasteiger partial charge in [0.1, 0.15) is 5.82 Å². The van der Waals surface area contributed by atoms with Crippen molar-refractivity contribution in [3.05, 3.63) is 54.7 Å². The van der Waals surface area contributed by atoms with E-state index in [-0.39, 0.29) is 0 Å². The summed E-state index contributed by atoms with van der Waals surface area (Å²) in [5.74, 6) is 0.698. The predicted octanol–water partition coefficient (Wildman–Crippen LogP) is 3.10. The van der Waals surface area contributed by atoms with Gasteiger partial charge in [0.05, 0.1) is 21.4 Å². The molecule has 1 saturated heterocycles. The molecule has 0 radical (unpaired) electrons. The van der Waals surface area contributed by atoms with Crippen LogP contribution in [0.15, 0.2) is 59.6 Å². The molecule has 5 rings (SSSR count). The van der Waals surface area contributed by atoms with E-state index < -0.39 is 10.0 Å². The van der Waals surface area contributed by atoms with Gasteiger partial charge in [-0.2, -0.15) is 4.31 Å². The molecule has 0 atom stereocenters. The van der Waals surface area contributed by atoms with Crippen molar-refractivity contribution in [3.63, 3.8) is 0 Å². The number of likely N-dealkylation sites (N-methyl/N-ethyl adjacent to an activating group) is 1. The van der Waals surface area contributed by atoms with E-state index in [9.17, 15) is 8.42 Å². The Morgan fingerprint density at radius 2 is 1.87 bits per heavy atom. The van der Waals surface area contributed by atoms with Gasteiger partial charge in [0.15, 0.2) is 0 Å². The Morgan fingerprint density at radius 1 is 0.967 bits per heavy atom. The van der Waals surface area contributed by atoms with E-state index in [0.29, 0.717) is 29.3 Å². The summed E-state index contributed by atoms with van der Waals surface area (Å²) in [6.45, 7) is 2.71. The summed E-state index contributed by atoms with van der Waals surface area (Å²) in [7, 11) is -1.51. The lowest BCUT2D eigenvalue weighted by molar-refractivity contribution is 0.347. The molecular weight excluding hydrogens is 398 g/mol. The lowest BCUT2D eigenvalue weighted by atomic mass is 10.1. The Kier molecular flexibility index (Phi) is 4.77. The first-order valence-electron chi connectivity index (χ1n) is 10.0. The van der Waals surface area contributed by atoms with Gasteiger partial charge in [-0.05, 0) is 50.3 Å². The number of H-pyrrole nitrogens is 1. The summed E-state index contributed by atoms with van der Waals surface area (Å²) >= 11 is 0. The van der Waals surface area contributed by atoms with E-state index in [2.05, 4.69) is 19.9 Å². The van der Waals surface area contributed by atoms with E-state index >= 15 is 0 Å². The first-order valence-corrected chi connectivity index (χ1v) is 11.5. The van der Waals surface area contributed by atoms with Gasteiger partial charge >= 0.3 is 0 Å². The van der Waals surface area contributed by atoms with Crippen LogP contribution in [0.5, 0.6) is 0 Å². The molecule has 0 spiro atoms. The van der Waals surface area contributed by atoms with Crippen LogP contribution in [-0.2, 0) is 10.0 Å². The Labute approximate surface area is 175 Å². The van der Waals surface area contributed by atoms with Crippen LogP contribution in [0.25, 0.3) is 33.3 Å². The molecule has 0 unspecified atom stereocenters. The number of benzene rings is 2. The van der Waals surface area contributed by atoms with Crippen LogP contribution in [-0.4, -0.2) is 65.8 Å². The first kappa shape index (κ1) is 19.2. The van der Waals surface area contributed by atoms with Crippen LogP contribution in [0.4, 0.5) is 0 Å². The second kappa shape index (κ2) is 7.46. The van der Waals surface area contributed by atoms with Crippen molar-refractivity contribution in [2.75, 3.05) is 33.2 Å². The summed E-state index contributed by atoms with van der Waals surface area (Å²) in [5, 5.41) is 1.06. The number of hydrogen-bond acceptors (Lipinski definition) is 5. The fraction of sp³-hybridized carbons (Fsp3) is 0.273. The fourth-order valence-corrected chi connectivity index (χ4v) is 5.41. The molecule has 7 nitrogen and oxygen atoms in total. The number of pyridine rings is 1. The Bertz CT molecular complexity index is 1330. The zero-order chi connectivity index (χ0) is 20.7. The molecular formula is C22H23N5O2S. The van der Waals surface area contributed by atoms with Gasteiger partial charge in [-0.3, -0.25) is 4.98 Å². The molecule has 1 aliphatic rings. The number of nitrogens with zero attached hydrogens (tertiary/aromatic N) is 4. The Hall–Kier alpha value is -2.81. The third kappa shape index (κ3) is 3.47. The quantitative estimate of drug-likeness (QED) is 0.550. The van der Waals surface area contributed by atoms with Gasteiger partial charge in [-0.1, -0.05) is 18.2 Å². The third-order valence-corrected chi connectivity index (χ3v) is 7.54. The average molecular weight is 422 g/mol. The standard InChI is InChI=1S/C22H23N5O2S/c1-26-10-3-11-27(13-12-26)30(28,29)18-7-8-19-21(15-18)25-22(24-19)17-6-5-16-4-2-9-23-20(16)14-17/h2,4-9,14-15H,3,10-13H2,1H3,(H,24,25). The summed E-state index contributed by atoms with van der Waals surface area (Å²) < 4.78 is 27.9. The lowest BCUT2D eigenvalue weighted by Crippen LogP contribution is -2.34. The minimum absolute atomic E-state index is 0.301. The maximum absolute atomic E-state index is 13.2. The highest BCUT2D eigenvalue weighted by Crippen LogP contribution is 2.26. The van der Waals surface area contributed by atoms with Crippen LogP contribution in [0, 0.1) is 0 Å². The topological polar surface area (TPSA) is 82.2 Å². The average Bonchev–Trinajstić information content (AvgIpc) is 3.06. The molecule has 1 aliphatic heterocycles. The molecule has 0 aliphatic carbocycles. The minimum Gasteiger partial charge on any atom is -0.338 e. The van der Waals surface area contributed by atoms with Crippen LogP contribution < -0.4 is 0 Å². The number of aromatic nitrogens is 3. The molecule has 154 valence electrons. The zero-order valence-electron chi connectivity index (χ0n) is 16.7. The fourth-order valence-electron chi connectivity index (χ4n) is 3.91. The molecule has 30 heavy (non-hydrogen) atoms. The van der Waals surface area contributed by atoms with Crippen molar-refractivity contribution >= 4 is 32.0 Å². The molecule has 2 aromatic heterocycles. The van der Waals surface area contributed by atoms with Crippen molar-refractivity contribution < 1.29 is 8.42 Å². The van der Waals surface area contributed by atoms with Crippen molar-refractivity contribution in [3.8, 4) is 11.4 Å². The molecule has 0 bridgehead atoms. The Morgan fingerprint density at radius 3 is 2.77 bits per heavy atom. The van der Waals surface area contributed by atoms with Gasteiger partial charge in [0.2, 0.25) is 10.0 Å². The number of hydrogen-bond donors (Lipinski definition) is 1. The second-order valence-electron chi connectivity index (χ2n) is 7.74. The Balaban J connectivity index is 1.50. The normalized spacial score (nSPS) is 16.8. The SMILES string of the molecule is CN1CCCN(S(=O)(=O)c2ccc3nc(-c4ccc5cccnc5c4)[nH]c3c2)CC1. The smallest absolute Gasteiger partial charge is 0.243 e. The highest BCUT2D eigenvalue weighted by Gasteiger charge is 2.26. The van der Waals surface area contributed by atoms with Gasteiger partial charge in [0, 0.05) is 36.8 Å². The number of nitrogens with one attached hydrogen (secondary N) is 1. The lowest BCUT2D eigenvalue weighted by Gasteiger charge is -2.20. The second-order valence-corrected chi connectivity index (χ2v) is 9.67. The molecule has 1 N–H and O–H groups in total. The van der Waals surface area contributed by atoms with Crippen molar-refractivity contribution in [2.45, 2.75) is 11.3 Å². The van der Waals surface area contributed by atoms with E-state index in [1.54, 1.807) is 28.7 Å². The molecule has 1 fully saturated rings. The van der Waals surface area contributed by atoms with Crippen LogP contribution in [0.1, 0.15) is 6.42 Å². The van der Waals surface area contributed by atoms with Crippen LogP contribution >= 0.6 is 0 Å². The van der Waals surface area contributed by atoms with Gasteiger partial charge in [-0.15, -0.1) is 0 Å². The van der Waals surface area contributed by atoms with Gasteiger partial charge in [-0.25, -0.2) is 13.4 Å². The molecule has 0 amide bonds. The van der Waals surface area contributed by atoms with Crippen molar-refractivity contribution in [1.29, 1.82) is 0 Å². The number of sulfonamides is 1. The molecule has 2 aromatic carbocycles. The van der Waals surface area contributed by atoms with E-state index in [0.717, 1.165) is 41.5 Å². The van der Waals surface area contributed by atoms with E-state index in [4.69, 9.17) is 0 Å². The number of fused-ring (bicyclic) bond motifs is 2. The van der Waals surface area contributed by atoms with E-state index in [1.807, 2.05) is 37.4 Å². The van der Waals surface area contributed by atoms with E-state index in [1.165, 1.54) is 0 Å². The summed E-state index contributed by atoms with van der Waals surface area (Å²) in [5.41, 5.74) is 3.25. The van der Waals surface area contributed by atoms with Crippen molar-refractivity contribution in [1.82, 2.24) is 24.2 Å². The maximum Gasteiger partial charge on any atom is 0.243 e. The third-order valence-electron chi connectivity index (χ3n) is 5.65. The highest BCUT2D eigenvalue weighted by atomic mass is 32.2. The molecule has 8 heteroatoms. The van der Waals surface area contributed by atoms with Crippen LogP contribution in [0.2, 0.25) is 0 Å². The molecule has 3 heterocycles. The highest BCUT2D eigenvalue weighted by molar-refractivity contribution is 7.89. The van der Waals surface area contributed by atoms with Gasteiger partial charge < -0.3 is 9.88 Å². The minimum atomic E-state index is -3.54. The number of rotatable bonds is 3. The summed E-state index contributed by atoms with van der Waals surface area (Å²) in [4.78, 5) is 14.8. The first-order chi connectivity index (χ1) is 14.5. The monoisotopic (exact) mass is 421 g/mol. The largest absolute Gasteiger partial charge is 0.338 e. The molecule has 4 aromatic rings. The van der Waals surface area contributed by atoms with Crippen LogP contribution in [0.3, 0.4) is 0 Å².